The van der Waals surface area contributed by atoms with Gasteiger partial charge < -0.3 is 15.4 Å². The maximum atomic E-state index is 11.6. The van der Waals surface area contributed by atoms with E-state index in [4.69, 9.17) is 4.74 Å². The Morgan fingerprint density at radius 3 is 2.45 bits per heavy atom. The van der Waals surface area contributed by atoms with E-state index in [9.17, 15) is 9.59 Å². The molecule has 4 N–H and O–H groups in total. The number of anilines is 2. The van der Waals surface area contributed by atoms with Crippen LogP contribution in [0.1, 0.15) is 5.56 Å². The second-order valence-corrected chi connectivity index (χ2v) is 4.11. The first-order chi connectivity index (χ1) is 9.63. The molecular formula is C13H16N4O3. The van der Waals surface area contributed by atoms with Crippen LogP contribution in [0, 0.1) is 0 Å². The minimum absolute atomic E-state index is 0.290. The molecule has 0 aliphatic heterocycles. The standard InChI is InChI=1S/C13H16N4O3/c1-14-10-11(16-13(19)17-12(10)18)15-7-8-3-5-9(20-2)6-4-8/h3-6,14H,7H2,1-2H3,(H3,15,16,17,18,19). The minimum atomic E-state index is -0.550. The fraction of sp³-hybridized carbons (Fsp3) is 0.231. The average molecular weight is 276 g/mol. The van der Waals surface area contributed by atoms with Gasteiger partial charge in [0.2, 0.25) is 0 Å². The molecule has 1 aromatic heterocycles. The van der Waals surface area contributed by atoms with Crippen molar-refractivity contribution in [2.75, 3.05) is 24.8 Å². The molecule has 0 spiro atoms. The molecular weight excluding hydrogens is 260 g/mol. The maximum absolute atomic E-state index is 11.6. The summed E-state index contributed by atoms with van der Waals surface area (Å²) in [6.45, 7) is 0.470. The molecule has 2 rings (SSSR count). The minimum Gasteiger partial charge on any atom is -0.497 e. The molecule has 106 valence electrons. The Balaban J connectivity index is 2.17. The van der Waals surface area contributed by atoms with Crippen LogP contribution < -0.4 is 26.6 Å². The fourth-order valence-electron chi connectivity index (χ4n) is 1.79. The highest BCUT2D eigenvalue weighted by Crippen LogP contribution is 2.14. The Bertz CT molecular complexity index is 688. The van der Waals surface area contributed by atoms with Crippen molar-refractivity contribution in [3.05, 3.63) is 50.7 Å². The summed E-state index contributed by atoms with van der Waals surface area (Å²) in [5, 5.41) is 5.77. The Kier molecular flexibility index (Phi) is 4.09. The van der Waals surface area contributed by atoms with Crippen molar-refractivity contribution < 1.29 is 4.74 Å². The molecule has 0 radical (unpaired) electrons. The molecule has 2 aromatic rings. The quantitative estimate of drug-likeness (QED) is 0.645. The van der Waals surface area contributed by atoms with Crippen LogP contribution in [-0.4, -0.2) is 24.1 Å². The zero-order chi connectivity index (χ0) is 14.5. The third-order valence-corrected chi connectivity index (χ3v) is 2.82. The van der Waals surface area contributed by atoms with Crippen LogP contribution in [0.15, 0.2) is 33.9 Å². The Hall–Kier alpha value is -2.70. The van der Waals surface area contributed by atoms with Crippen molar-refractivity contribution >= 4 is 11.5 Å². The number of hydrogen-bond acceptors (Lipinski definition) is 5. The van der Waals surface area contributed by atoms with Gasteiger partial charge in [0, 0.05) is 13.6 Å². The summed E-state index contributed by atoms with van der Waals surface area (Å²) in [4.78, 5) is 27.6. The van der Waals surface area contributed by atoms with Crippen LogP contribution in [0.4, 0.5) is 11.5 Å². The van der Waals surface area contributed by atoms with Gasteiger partial charge in [-0.15, -0.1) is 0 Å². The normalized spacial score (nSPS) is 10.1. The topological polar surface area (TPSA) is 99.0 Å². The van der Waals surface area contributed by atoms with Crippen molar-refractivity contribution in [1.82, 2.24) is 9.97 Å². The van der Waals surface area contributed by atoms with Crippen LogP contribution in [-0.2, 0) is 6.54 Å². The number of benzene rings is 1. The summed E-state index contributed by atoms with van der Waals surface area (Å²) in [6.07, 6.45) is 0. The van der Waals surface area contributed by atoms with E-state index >= 15 is 0 Å². The van der Waals surface area contributed by atoms with Crippen LogP contribution in [0.25, 0.3) is 0 Å². The van der Waals surface area contributed by atoms with E-state index in [0.717, 1.165) is 11.3 Å². The lowest BCUT2D eigenvalue weighted by Crippen LogP contribution is -2.26. The van der Waals surface area contributed by atoms with Crippen molar-refractivity contribution in [1.29, 1.82) is 0 Å². The SMILES string of the molecule is CNc1c(NCc2ccc(OC)cc2)[nH]c(=O)[nH]c1=O. The summed E-state index contributed by atoms with van der Waals surface area (Å²) in [6, 6.07) is 7.49. The number of ether oxygens (including phenoxy) is 1. The Labute approximate surface area is 115 Å². The average Bonchev–Trinajstić information content (AvgIpc) is 2.45. The predicted octanol–water partition coefficient (Wildman–Crippen LogP) is 0.726. The molecule has 0 atom stereocenters. The van der Waals surface area contributed by atoms with E-state index in [1.54, 1.807) is 14.2 Å². The summed E-state index contributed by atoms with van der Waals surface area (Å²) < 4.78 is 5.08. The Morgan fingerprint density at radius 2 is 1.85 bits per heavy atom. The van der Waals surface area contributed by atoms with E-state index in [0.29, 0.717) is 12.4 Å². The first kappa shape index (κ1) is 13.7. The molecule has 0 saturated carbocycles. The van der Waals surface area contributed by atoms with Crippen molar-refractivity contribution in [3.63, 3.8) is 0 Å². The number of methoxy groups -OCH3 is 1. The molecule has 7 nitrogen and oxygen atoms in total. The van der Waals surface area contributed by atoms with Gasteiger partial charge >= 0.3 is 5.69 Å². The number of aromatic amines is 2. The first-order valence-electron chi connectivity index (χ1n) is 6.05. The molecule has 0 unspecified atom stereocenters. The van der Waals surface area contributed by atoms with E-state index in [-0.39, 0.29) is 5.69 Å². The van der Waals surface area contributed by atoms with Gasteiger partial charge in [-0.2, -0.15) is 0 Å². The van der Waals surface area contributed by atoms with Gasteiger partial charge in [-0.3, -0.25) is 14.8 Å². The monoisotopic (exact) mass is 276 g/mol. The summed E-state index contributed by atoms with van der Waals surface area (Å²) in [5.74, 6) is 1.13. The number of aromatic nitrogens is 2. The van der Waals surface area contributed by atoms with Crippen LogP contribution >= 0.6 is 0 Å². The molecule has 0 aliphatic rings. The highest BCUT2D eigenvalue weighted by Gasteiger charge is 2.07. The number of rotatable bonds is 5. The van der Waals surface area contributed by atoms with Crippen LogP contribution in [0.3, 0.4) is 0 Å². The molecule has 0 fully saturated rings. The largest absolute Gasteiger partial charge is 0.497 e. The maximum Gasteiger partial charge on any atom is 0.327 e. The van der Waals surface area contributed by atoms with Crippen molar-refractivity contribution in [2.24, 2.45) is 0 Å². The van der Waals surface area contributed by atoms with Gasteiger partial charge in [-0.05, 0) is 17.7 Å². The predicted molar refractivity (Wildman–Crippen MR) is 77.6 cm³/mol. The van der Waals surface area contributed by atoms with E-state index < -0.39 is 11.2 Å². The second-order valence-electron chi connectivity index (χ2n) is 4.11. The highest BCUT2D eigenvalue weighted by atomic mass is 16.5. The van der Waals surface area contributed by atoms with Gasteiger partial charge in [0.15, 0.2) is 0 Å². The molecule has 7 heteroatoms. The smallest absolute Gasteiger partial charge is 0.327 e. The molecule has 1 heterocycles. The van der Waals surface area contributed by atoms with E-state index in [1.807, 2.05) is 24.3 Å². The number of nitrogens with one attached hydrogen (secondary N) is 4. The third-order valence-electron chi connectivity index (χ3n) is 2.82. The van der Waals surface area contributed by atoms with Gasteiger partial charge in [0.1, 0.15) is 17.3 Å². The van der Waals surface area contributed by atoms with Crippen molar-refractivity contribution in [2.45, 2.75) is 6.54 Å². The molecule has 0 amide bonds. The molecule has 0 saturated heterocycles. The summed E-state index contributed by atoms with van der Waals surface area (Å²) >= 11 is 0. The van der Waals surface area contributed by atoms with Gasteiger partial charge in [-0.1, -0.05) is 12.1 Å². The molecule has 0 aliphatic carbocycles. The summed E-state index contributed by atoms with van der Waals surface area (Å²) in [7, 11) is 3.22. The molecule has 20 heavy (non-hydrogen) atoms. The van der Waals surface area contributed by atoms with E-state index in [1.165, 1.54) is 0 Å². The fourth-order valence-corrected chi connectivity index (χ4v) is 1.79. The third kappa shape index (κ3) is 3.00. The number of hydrogen-bond donors (Lipinski definition) is 4. The lowest BCUT2D eigenvalue weighted by Gasteiger charge is -2.10. The van der Waals surface area contributed by atoms with Crippen LogP contribution in [0.5, 0.6) is 5.75 Å². The molecule has 0 bridgehead atoms. The molecule has 1 aromatic carbocycles. The van der Waals surface area contributed by atoms with Gasteiger partial charge in [0.05, 0.1) is 7.11 Å². The second kappa shape index (κ2) is 5.96. The lowest BCUT2D eigenvalue weighted by atomic mass is 10.2. The zero-order valence-electron chi connectivity index (χ0n) is 11.2. The summed E-state index contributed by atoms with van der Waals surface area (Å²) in [5.41, 5.74) is 0.270. The van der Waals surface area contributed by atoms with Gasteiger partial charge in [-0.25, -0.2) is 4.79 Å². The zero-order valence-corrected chi connectivity index (χ0v) is 11.2. The lowest BCUT2D eigenvalue weighted by molar-refractivity contribution is 0.414. The highest BCUT2D eigenvalue weighted by molar-refractivity contribution is 5.62. The van der Waals surface area contributed by atoms with E-state index in [2.05, 4.69) is 20.6 Å². The Morgan fingerprint density at radius 1 is 1.15 bits per heavy atom. The first-order valence-corrected chi connectivity index (χ1v) is 6.05. The van der Waals surface area contributed by atoms with Crippen molar-refractivity contribution in [3.8, 4) is 5.75 Å². The number of H-pyrrole nitrogens is 2. The van der Waals surface area contributed by atoms with Crippen LogP contribution in [0.2, 0.25) is 0 Å². The van der Waals surface area contributed by atoms with Gasteiger partial charge in [0.25, 0.3) is 5.56 Å².